The second-order valence-corrected chi connectivity index (χ2v) is 8.15. The molecule has 1 aliphatic heterocycles. The van der Waals surface area contributed by atoms with Gasteiger partial charge in [-0.05, 0) is 24.0 Å². The van der Waals surface area contributed by atoms with Crippen LogP contribution < -0.4 is 0 Å². The molecule has 1 aromatic carbocycles. The van der Waals surface area contributed by atoms with Crippen LogP contribution in [0.2, 0.25) is 0 Å². The van der Waals surface area contributed by atoms with Crippen molar-refractivity contribution < 1.29 is 13.2 Å². The SMILES string of the molecule is O=S(=O)(C1Cc2ccccc2C1)N1CCOC(c2ncn[nH]2)C1. The van der Waals surface area contributed by atoms with Gasteiger partial charge < -0.3 is 4.74 Å². The molecule has 1 aliphatic carbocycles. The zero-order valence-corrected chi connectivity index (χ0v) is 13.4. The number of nitrogens with zero attached hydrogens (tertiary/aromatic N) is 3. The summed E-state index contributed by atoms with van der Waals surface area (Å²) in [5, 5.41) is 6.18. The normalized spacial score (nSPS) is 23.0. The van der Waals surface area contributed by atoms with E-state index in [1.54, 1.807) is 4.31 Å². The largest absolute Gasteiger partial charge is 0.367 e. The third kappa shape index (κ3) is 2.66. The van der Waals surface area contributed by atoms with Gasteiger partial charge in [-0.3, -0.25) is 5.10 Å². The van der Waals surface area contributed by atoms with Gasteiger partial charge in [-0.15, -0.1) is 0 Å². The van der Waals surface area contributed by atoms with Crippen molar-refractivity contribution in [3.8, 4) is 0 Å². The van der Waals surface area contributed by atoms with Gasteiger partial charge in [0.05, 0.1) is 11.9 Å². The smallest absolute Gasteiger partial charge is 0.217 e. The first-order chi connectivity index (χ1) is 11.1. The third-order valence-electron chi connectivity index (χ3n) is 4.56. The van der Waals surface area contributed by atoms with Crippen molar-refractivity contribution in [1.29, 1.82) is 0 Å². The number of aromatic amines is 1. The molecule has 1 N–H and O–H groups in total. The summed E-state index contributed by atoms with van der Waals surface area (Å²) in [6.45, 7) is 1.04. The van der Waals surface area contributed by atoms with E-state index in [1.807, 2.05) is 24.3 Å². The Morgan fingerprint density at radius 2 is 1.96 bits per heavy atom. The van der Waals surface area contributed by atoms with E-state index in [2.05, 4.69) is 15.2 Å². The van der Waals surface area contributed by atoms with Crippen molar-refractivity contribution in [1.82, 2.24) is 19.5 Å². The molecule has 1 atom stereocenters. The van der Waals surface area contributed by atoms with Crippen LogP contribution in [0.4, 0.5) is 0 Å². The van der Waals surface area contributed by atoms with E-state index < -0.39 is 10.0 Å². The molecule has 0 amide bonds. The second-order valence-electron chi connectivity index (χ2n) is 5.93. The molecule has 2 heterocycles. The molecule has 7 nitrogen and oxygen atoms in total. The number of hydrogen-bond donors (Lipinski definition) is 1. The number of nitrogens with one attached hydrogen (secondary N) is 1. The predicted octanol–water partition coefficient (Wildman–Crippen LogP) is 0.675. The molecule has 1 fully saturated rings. The van der Waals surface area contributed by atoms with Crippen LogP contribution in [0.3, 0.4) is 0 Å². The molecule has 2 aliphatic rings. The van der Waals surface area contributed by atoms with Crippen molar-refractivity contribution in [2.45, 2.75) is 24.2 Å². The van der Waals surface area contributed by atoms with Gasteiger partial charge in [-0.1, -0.05) is 24.3 Å². The summed E-state index contributed by atoms with van der Waals surface area (Å²) >= 11 is 0. The highest BCUT2D eigenvalue weighted by Crippen LogP contribution is 2.30. The first kappa shape index (κ1) is 14.8. The Hall–Kier alpha value is -1.77. The molecule has 0 bridgehead atoms. The Balaban J connectivity index is 1.53. The van der Waals surface area contributed by atoms with Crippen LogP contribution in [0.1, 0.15) is 23.1 Å². The molecule has 0 saturated carbocycles. The van der Waals surface area contributed by atoms with E-state index in [4.69, 9.17) is 4.74 Å². The van der Waals surface area contributed by atoms with E-state index >= 15 is 0 Å². The maximum absolute atomic E-state index is 13.0. The average molecular weight is 334 g/mol. The lowest BCUT2D eigenvalue weighted by Crippen LogP contribution is -2.46. The average Bonchev–Trinajstić information content (AvgIpc) is 3.24. The minimum atomic E-state index is -3.36. The van der Waals surface area contributed by atoms with Crippen molar-refractivity contribution in [2.24, 2.45) is 0 Å². The lowest BCUT2D eigenvalue weighted by molar-refractivity contribution is -0.00758. The lowest BCUT2D eigenvalue weighted by atomic mass is 10.1. The summed E-state index contributed by atoms with van der Waals surface area (Å²) in [5.41, 5.74) is 2.28. The van der Waals surface area contributed by atoms with Gasteiger partial charge in [0, 0.05) is 13.1 Å². The van der Waals surface area contributed by atoms with Crippen LogP contribution in [-0.4, -0.2) is 52.9 Å². The van der Waals surface area contributed by atoms with Crippen LogP contribution in [0.15, 0.2) is 30.6 Å². The quantitative estimate of drug-likeness (QED) is 0.891. The van der Waals surface area contributed by atoms with Gasteiger partial charge >= 0.3 is 0 Å². The van der Waals surface area contributed by atoms with Gasteiger partial charge in [0.15, 0.2) is 5.82 Å². The monoisotopic (exact) mass is 334 g/mol. The topological polar surface area (TPSA) is 88.2 Å². The number of fused-ring (bicyclic) bond motifs is 1. The number of hydrogen-bond acceptors (Lipinski definition) is 5. The Bertz CT molecular complexity index is 766. The number of H-pyrrole nitrogens is 1. The molecular weight excluding hydrogens is 316 g/mol. The maximum atomic E-state index is 13.0. The molecule has 1 unspecified atom stereocenters. The van der Waals surface area contributed by atoms with E-state index in [0.29, 0.717) is 31.8 Å². The molecule has 0 radical (unpaired) electrons. The van der Waals surface area contributed by atoms with Crippen LogP contribution in [0.5, 0.6) is 0 Å². The Kier molecular flexibility index (Phi) is 3.67. The van der Waals surface area contributed by atoms with E-state index in [-0.39, 0.29) is 17.9 Å². The van der Waals surface area contributed by atoms with Crippen LogP contribution >= 0.6 is 0 Å². The maximum Gasteiger partial charge on any atom is 0.217 e. The zero-order valence-electron chi connectivity index (χ0n) is 12.6. The highest BCUT2D eigenvalue weighted by molar-refractivity contribution is 7.89. The van der Waals surface area contributed by atoms with Gasteiger partial charge in [0.1, 0.15) is 12.4 Å². The second kappa shape index (κ2) is 5.70. The van der Waals surface area contributed by atoms with Crippen LogP contribution in [-0.2, 0) is 27.6 Å². The Morgan fingerprint density at radius 3 is 2.61 bits per heavy atom. The number of morpholine rings is 1. The fourth-order valence-corrected chi connectivity index (χ4v) is 5.21. The Morgan fingerprint density at radius 1 is 1.22 bits per heavy atom. The third-order valence-corrected chi connectivity index (χ3v) is 6.79. The van der Waals surface area contributed by atoms with Crippen LogP contribution in [0, 0.1) is 0 Å². The van der Waals surface area contributed by atoms with Crippen molar-refractivity contribution >= 4 is 10.0 Å². The van der Waals surface area contributed by atoms with E-state index in [9.17, 15) is 8.42 Å². The fraction of sp³-hybridized carbons (Fsp3) is 0.467. The summed E-state index contributed by atoms with van der Waals surface area (Å²) in [5.74, 6) is 0.569. The molecule has 1 saturated heterocycles. The molecule has 0 spiro atoms. The molecule has 4 rings (SSSR count). The van der Waals surface area contributed by atoms with E-state index in [1.165, 1.54) is 6.33 Å². The highest BCUT2D eigenvalue weighted by Gasteiger charge is 2.39. The number of aromatic nitrogens is 3. The van der Waals surface area contributed by atoms with Gasteiger partial charge in [-0.2, -0.15) is 9.40 Å². The predicted molar refractivity (Wildman–Crippen MR) is 83.2 cm³/mol. The molecule has 1 aromatic heterocycles. The summed E-state index contributed by atoms with van der Waals surface area (Å²) in [6.07, 6.45) is 2.19. The van der Waals surface area contributed by atoms with Crippen molar-refractivity contribution in [2.75, 3.05) is 19.7 Å². The standard InChI is InChI=1S/C15H18N4O3S/c20-23(21,13-7-11-3-1-2-4-12(11)8-13)19-5-6-22-14(9-19)15-16-10-17-18-15/h1-4,10,13-14H,5-9H2,(H,16,17,18). The van der Waals surface area contributed by atoms with Crippen molar-refractivity contribution in [3.05, 3.63) is 47.5 Å². The van der Waals surface area contributed by atoms with Gasteiger partial charge in [0.2, 0.25) is 10.0 Å². The lowest BCUT2D eigenvalue weighted by Gasteiger charge is -2.32. The number of rotatable bonds is 3. The summed E-state index contributed by atoms with van der Waals surface area (Å²) in [6, 6.07) is 7.95. The Labute approximate surface area is 134 Å². The number of ether oxygens (including phenoxy) is 1. The first-order valence-electron chi connectivity index (χ1n) is 7.67. The first-order valence-corrected chi connectivity index (χ1v) is 9.17. The number of sulfonamides is 1. The number of benzene rings is 1. The summed E-state index contributed by atoms with van der Waals surface area (Å²) < 4.78 is 33.2. The minimum absolute atomic E-state index is 0.282. The van der Waals surface area contributed by atoms with Gasteiger partial charge in [-0.25, -0.2) is 13.4 Å². The molecule has 122 valence electrons. The zero-order chi connectivity index (χ0) is 15.9. The fourth-order valence-electron chi connectivity index (χ4n) is 3.33. The minimum Gasteiger partial charge on any atom is -0.367 e. The molecular formula is C15H18N4O3S. The molecule has 23 heavy (non-hydrogen) atoms. The van der Waals surface area contributed by atoms with Crippen LogP contribution in [0.25, 0.3) is 0 Å². The summed E-state index contributed by atoms with van der Waals surface area (Å²) in [7, 11) is -3.36. The van der Waals surface area contributed by atoms with Gasteiger partial charge in [0.25, 0.3) is 0 Å². The molecule has 2 aromatic rings. The van der Waals surface area contributed by atoms with E-state index in [0.717, 1.165) is 11.1 Å². The molecule has 8 heteroatoms. The van der Waals surface area contributed by atoms with Crippen molar-refractivity contribution in [3.63, 3.8) is 0 Å². The highest BCUT2D eigenvalue weighted by atomic mass is 32.2. The summed E-state index contributed by atoms with van der Waals surface area (Å²) in [4.78, 5) is 4.07.